The van der Waals surface area contributed by atoms with E-state index in [1.165, 1.54) is 39.9 Å². The van der Waals surface area contributed by atoms with Gasteiger partial charge in [-0.05, 0) is 61.4 Å². The number of hydrogen-bond acceptors (Lipinski definition) is 1. The van der Waals surface area contributed by atoms with E-state index in [-0.39, 0.29) is 0 Å². The van der Waals surface area contributed by atoms with Crippen LogP contribution in [0.25, 0.3) is 0 Å². The lowest BCUT2D eigenvalue weighted by Gasteiger charge is -2.38. The standard InChI is InChI=1S/C21H23N/c1-13-7-9-16(10-8-13)21-18-6-4-5-17(18)20-15(3)11-14(2)12-19(20)22-21/h4-5,7-12,17-18,21-22H,6H2,1-3H3/t17-,18+,21+/m1/s1. The van der Waals surface area contributed by atoms with Crippen molar-refractivity contribution < 1.29 is 0 Å². The zero-order valence-electron chi connectivity index (χ0n) is 13.6. The van der Waals surface area contributed by atoms with Gasteiger partial charge in [-0.25, -0.2) is 0 Å². The summed E-state index contributed by atoms with van der Waals surface area (Å²) in [6.07, 6.45) is 5.96. The molecular formula is C21H23N. The highest BCUT2D eigenvalue weighted by molar-refractivity contribution is 5.63. The lowest BCUT2D eigenvalue weighted by atomic mass is 9.75. The van der Waals surface area contributed by atoms with Crippen molar-refractivity contribution in [3.8, 4) is 0 Å². The molecule has 112 valence electrons. The van der Waals surface area contributed by atoms with Gasteiger partial charge in [0.25, 0.3) is 0 Å². The molecule has 0 amide bonds. The fraction of sp³-hybridized carbons (Fsp3) is 0.333. The van der Waals surface area contributed by atoms with E-state index in [1.807, 2.05) is 0 Å². The molecule has 1 aliphatic heterocycles. The molecule has 0 saturated heterocycles. The van der Waals surface area contributed by atoms with Crippen LogP contribution < -0.4 is 5.32 Å². The number of rotatable bonds is 1. The maximum absolute atomic E-state index is 3.85. The molecule has 4 rings (SSSR count). The van der Waals surface area contributed by atoms with Crippen LogP contribution in [0.15, 0.2) is 48.6 Å². The molecule has 2 aromatic carbocycles. The zero-order valence-corrected chi connectivity index (χ0v) is 13.6. The molecule has 2 aromatic rings. The minimum absolute atomic E-state index is 0.411. The molecule has 2 aliphatic rings. The van der Waals surface area contributed by atoms with Gasteiger partial charge in [-0.2, -0.15) is 0 Å². The molecule has 22 heavy (non-hydrogen) atoms. The average Bonchev–Trinajstić information content (AvgIpc) is 2.95. The van der Waals surface area contributed by atoms with Gasteiger partial charge < -0.3 is 5.32 Å². The molecule has 1 aliphatic carbocycles. The Morgan fingerprint density at radius 2 is 1.73 bits per heavy atom. The van der Waals surface area contributed by atoms with Gasteiger partial charge in [-0.15, -0.1) is 0 Å². The second-order valence-corrected chi connectivity index (χ2v) is 6.93. The van der Waals surface area contributed by atoms with Crippen LogP contribution in [0.3, 0.4) is 0 Å². The van der Waals surface area contributed by atoms with Crippen LogP contribution in [0.1, 0.15) is 46.2 Å². The third-order valence-corrected chi connectivity index (χ3v) is 5.25. The van der Waals surface area contributed by atoms with Crippen molar-refractivity contribution in [3.05, 3.63) is 76.4 Å². The predicted molar refractivity (Wildman–Crippen MR) is 93.4 cm³/mol. The maximum Gasteiger partial charge on any atom is 0.0553 e. The first-order valence-corrected chi connectivity index (χ1v) is 8.24. The largest absolute Gasteiger partial charge is 0.378 e. The van der Waals surface area contributed by atoms with Crippen molar-refractivity contribution in [2.24, 2.45) is 5.92 Å². The average molecular weight is 289 g/mol. The molecular weight excluding hydrogens is 266 g/mol. The van der Waals surface area contributed by atoms with Gasteiger partial charge in [0, 0.05) is 11.6 Å². The fourth-order valence-corrected chi connectivity index (χ4v) is 4.24. The molecule has 0 spiro atoms. The minimum atomic E-state index is 0.411. The van der Waals surface area contributed by atoms with Crippen LogP contribution in [0.4, 0.5) is 5.69 Å². The smallest absolute Gasteiger partial charge is 0.0553 e. The molecule has 0 fully saturated rings. The number of hydrogen-bond donors (Lipinski definition) is 1. The van der Waals surface area contributed by atoms with Crippen LogP contribution in [0.2, 0.25) is 0 Å². The van der Waals surface area contributed by atoms with Crippen LogP contribution in [-0.4, -0.2) is 0 Å². The summed E-state index contributed by atoms with van der Waals surface area (Å²) in [6, 6.07) is 14.1. The second kappa shape index (κ2) is 5.01. The molecule has 0 radical (unpaired) electrons. The van der Waals surface area contributed by atoms with Gasteiger partial charge in [0.1, 0.15) is 0 Å². The van der Waals surface area contributed by atoms with Gasteiger partial charge in [-0.3, -0.25) is 0 Å². The molecule has 3 atom stereocenters. The maximum atomic E-state index is 3.85. The monoisotopic (exact) mass is 289 g/mol. The summed E-state index contributed by atoms with van der Waals surface area (Å²) in [6.45, 7) is 6.59. The van der Waals surface area contributed by atoms with Crippen LogP contribution >= 0.6 is 0 Å². The Morgan fingerprint density at radius 3 is 2.50 bits per heavy atom. The molecule has 1 N–H and O–H groups in total. The van der Waals surface area contributed by atoms with E-state index >= 15 is 0 Å². The second-order valence-electron chi connectivity index (χ2n) is 6.93. The summed E-state index contributed by atoms with van der Waals surface area (Å²) in [5.74, 6) is 1.19. The number of nitrogens with one attached hydrogen (secondary N) is 1. The normalized spacial score (nSPS) is 25.5. The van der Waals surface area contributed by atoms with Crippen molar-refractivity contribution >= 4 is 5.69 Å². The molecule has 1 heterocycles. The van der Waals surface area contributed by atoms with E-state index in [1.54, 1.807) is 0 Å². The lowest BCUT2D eigenvalue weighted by Crippen LogP contribution is -2.29. The highest BCUT2D eigenvalue weighted by Gasteiger charge is 2.38. The summed E-state index contributed by atoms with van der Waals surface area (Å²) in [7, 11) is 0. The molecule has 1 nitrogen and oxygen atoms in total. The molecule has 0 saturated carbocycles. The van der Waals surface area contributed by atoms with E-state index in [2.05, 4.69) is 74.6 Å². The molecule has 1 heteroatoms. The van der Waals surface area contributed by atoms with Gasteiger partial charge in [0.05, 0.1) is 6.04 Å². The van der Waals surface area contributed by atoms with Crippen LogP contribution in [0.5, 0.6) is 0 Å². The summed E-state index contributed by atoms with van der Waals surface area (Å²) in [5.41, 5.74) is 8.34. The first-order chi connectivity index (χ1) is 10.6. The fourth-order valence-electron chi connectivity index (χ4n) is 4.24. The Labute approximate surface area is 133 Å². The van der Waals surface area contributed by atoms with Gasteiger partial charge >= 0.3 is 0 Å². The Morgan fingerprint density at radius 1 is 0.955 bits per heavy atom. The zero-order chi connectivity index (χ0) is 15.3. The van der Waals surface area contributed by atoms with E-state index in [0.717, 1.165) is 0 Å². The first kappa shape index (κ1) is 13.6. The Bertz CT molecular complexity index is 739. The molecule has 0 bridgehead atoms. The quantitative estimate of drug-likeness (QED) is 0.689. The van der Waals surface area contributed by atoms with Gasteiger partial charge in [0.2, 0.25) is 0 Å². The summed E-state index contributed by atoms with van der Waals surface area (Å²) >= 11 is 0. The topological polar surface area (TPSA) is 12.0 Å². The number of fused-ring (bicyclic) bond motifs is 3. The predicted octanol–water partition coefficient (Wildman–Crippen LogP) is 5.44. The number of benzene rings is 2. The van der Waals surface area contributed by atoms with E-state index < -0.39 is 0 Å². The number of anilines is 1. The van der Waals surface area contributed by atoms with Crippen molar-refractivity contribution in [1.82, 2.24) is 0 Å². The van der Waals surface area contributed by atoms with Gasteiger partial charge in [-0.1, -0.05) is 48.0 Å². The van der Waals surface area contributed by atoms with Crippen LogP contribution in [0, 0.1) is 26.7 Å². The van der Waals surface area contributed by atoms with E-state index in [4.69, 9.17) is 0 Å². The summed E-state index contributed by atoms with van der Waals surface area (Å²) < 4.78 is 0. The van der Waals surface area contributed by atoms with E-state index in [0.29, 0.717) is 17.9 Å². The highest BCUT2D eigenvalue weighted by Crippen LogP contribution is 2.50. The van der Waals surface area contributed by atoms with Crippen molar-refractivity contribution in [3.63, 3.8) is 0 Å². The molecule has 0 unspecified atom stereocenters. The Balaban J connectivity index is 1.82. The minimum Gasteiger partial charge on any atom is -0.378 e. The first-order valence-electron chi connectivity index (χ1n) is 8.24. The van der Waals surface area contributed by atoms with Crippen molar-refractivity contribution in [1.29, 1.82) is 0 Å². The SMILES string of the molecule is Cc1ccc([C@@H]2Nc3cc(C)cc(C)c3[C@@H]3C=CC[C@@H]32)cc1. The molecule has 0 aromatic heterocycles. The Kier molecular flexibility index (Phi) is 3.11. The lowest BCUT2D eigenvalue weighted by molar-refractivity contribution is 0.424. The highest BCUT2D eigenvalue weighted by atomic mass is 15.0. The third kappa shape index (κ3) is 2.08. The summed E-state index contributed by atoms with van der Waals surface area (Å²) in [5, 5.41) is 3.85. The van der Waals surface area contributed by atoms with E-state index in [9.17, 15) is 0 Å². The van der Waals surface area contributed by atoms with Crippen molar-refractivity contribution in [2.45, 2.75) is 39.2 Å². The van der Waals surface area contributed by atoms with Crippen molar-refractivity contribution in [2.75, 3.05) is 5.32 Å². The number of allylic oxidation sites excluding steroid dienone is 2. The number of aryl methyl sites for hydroxylation is 3. The third-order valence-electron chi connectivity index (χ3n) is 5.25. The van der Waals surface area contributed by atoms with Crippen LogP contribution in [-0.2, 0) is 0 Å². The Hall–Kier alpha value is -2.02. The van der Waals surface area contributed by atoms with Gasteiger partial charge in [0.15, 0.2) is 0 Å². The summed E-state index contributed by atoms with van der Waals surface area (Å²) in [4.78, 5) is 0.